The number of benzene rings is 1. The van der Waals surface area contributed by atoms with Gasteiger partial charge in [0.25, 0.3) is 0 Å². The quantitative estimate of drug-likeness (QED) is 0.586. The number of halogens is 1. The average Bonchev–Trinajstić information content (AvgIpc) is 2.83. The highest BCUT2D eigenvalue weighted by Crippen LogP contribution is 2.37. The van der Waals surface area contributed by atoms with Crippen LogP contribution in [0.15, 0.2) is 12.1 Å². The Labute approximate surface area is 159 Å². The number of aliphatic hydroxyl groups is 1. The van der Waals surface area contributed by atoms with Crippen molar-refractivity contribution < 1.29 is 24.5 Å². The van der Waals surface area contributed by atoms with Crippen molar-refractivity contribution in [3.8, 4) is 11.6 Å². The van der Waals surface area contributed by atoms with E-state index in [1.165, 1.54) is 6.07 Å². The molecule has 146 valence electrons. The number of rotatable bonds is 5. The standard InChI is InChI=1S/C18H26N2O5.ClH/c1-6-24-17(23)25-16-10(2)14-11(7-8-12(21)15(14)20-16)13(22)9-19-18(3,4)5;/h7-8,13,19-22H,6,9H2,1-5H3;1H. The van der Waals surface area contributed by atoms with E-state index in [0.29, 0.717) is 28.6 Å². The highest BCUT2D eigenvalue weighted by molar-refractivity contribution is 5.93. The summed E-state index contributed by atoms with van der Waals surface area (Å²) in [5.74, 6) is 0.198. The third-order valence-corrected chi connectivity index (χ3v) is 3.80. The normalized spacial score (nSPS) is 12.5. The number of fused-ring (bicyclic) bond motifs is 1. The predicted molar refractivity (Wildman–Crippen MR) is 102 cm³/mol. The molecule has 8 heteroatoms. The van der Waals surface area contributed by atoms with Crippen molar-refractivity contribution in [2.24, 2.45) is 0 Å². The highest BCUT2D eigenvalue weighted by atomic mass is 35.5. The van der Waals surface area contributed by atoms with E-state index in [2.05, 4.69) is 10.3 Å². The summed E-state index contributed by atoms with van der Waals surface area (Å²) in [7, 11) is 0. The number of carbonyl (C=O) groups is 1. The van der Waals surface area contributed by atoms with Crippen molar-refractivity contribution in [2.75, 3.05) is 13.2 Å². The van der Waals surface area contributed by atoms with Gasteiger partial charge in [0.15, 0.2) is 0 Å². The van der Waals surface area contributed by atoms with E-state index in [9.17, 15) is 15.0 Å². The minimum atomic E-state index is -0.826. The molecule has 26 heavy (non-hydrogen) atoms. The van der Waals surface area contributed by atoms with Crippen molar-refractivity contribution in [1.82, 2.24) is 10.3 Å². The number of phenols is 1. The van der Waals surface area contributed by atoms with E-state index in [1.54, 1.807) is 19.9 Å². The molecule has 0 amide bonds. The van der Waals surface area contributed by atoms with Crippen LogP contribution in [0.4, 0.5) is 4.79 Å². The predicted octanol–water partition coefficient (Wildman–Crippen LogP) is 3.56. The molecule has 0 aliphatic rings. The highest BCUT2D eigenvalue weighted by Gasteiger charge is 2.22. The van der Waals surface area contributed by atoms with Gasteiger partial charge in [0.1, 0.15) is 5.75 Å². The number of H-pyrrole nitrogens is 1. The zero-order valence-electron chi connectivity index (χ0n) is 15.7. The van der Waals surface area contributed by atoms with Gasteiger partial charge in [-0.25, -0.2) is 4.79 Å². The first-order chi connectivity index (χ1) is 11.6. The first-order valence-corrected chi connectivity index (χ1v) is 8.26. The minimum Gasteiger partial charge on any atom is -0.506 e. The van der Waals surface area contributed by atoms with Gasteiger partial charge in [0, 0.05) is 23.0 Å². The second-order valence-corrected chi connectivity index (χ2v) is 6.93. The molecule has 0 aliphatic carbocycles. The number of aliphatic hydroxyl groups excluding tert-OH is 1. The number of carbonyl (C=O) groups excluding carboxylic acids is 1. The number of hydrogen-bond donors (Lipinski definition) is 4. The molecule has 1 unspecified atom stereocenters. The number of aromatic amines is 1. The lowest BCUT2D eigenvalue weighted by atomic mass is 10.00. The fraction of sp³-hybridized carbons (Fsp3) is 0.500. The number of aromatic nitrogens is 1. The van der Waals surface area contributed by atoms with Crippen LogP contribution in [-0.4, -0.2) is 40.0 Å². The zero-order chi connectivity index (χ0) is 18.8. The summed E-state index contributed by atoms with van der Waals surface area (Å²) in [5.41, 5.74) is 1.52. The number of hydrogen-bond acceptors (Lipinski definition) is 6. The maximum Gasteiger partial charge on any atom is 0.515 e. The van der Waals surface area contributed by atoms with Crippen molar-refractivity contribution >= 4 is 29.5 Å². The Morgan fingerprint density at radius 3 is 2.58 bits per heavy atom. The number of aromatic hydroxyl groups is 1. The maximum absolute atomic E-state index is 11.6. The summed E-state index contributed by atoms with van der Waals surface area (Å²) in [4.78, 5) is 14.5. The van der Waals surface area contributed by atoms with Gasteiger partial charge in [-0.15, -0.1) is 12.4 Å². The molecule has 2 aromatic rings. The molecule has 1 aromatic heterocycles. The topological polar surface area (TPSA) is 104 Å². The van der Waals surface area contributed by atoms with Crippen LogP contribution in [0.25, 0.3) is 10.9 Å². The molecule has 0 bridgehead atoms. The van der Waals surface area contributed by atoms with Gasteiger partial charge in [-0.1, -0.05) is 6.07 Å². The van der Waals surface area contributed by atoms with E-state index < -0.39 is 12.3 Å². The van der Waals surface area contributed by atoms with E-state index in [1.807, 2.05) is 20.8 Å². The van der Waals surface area contributed by atoms with Crippen LogP contribution in [0.5, 0.6) is 11.6 Å². The first-order valence-electron chi connectivity index (χ1n) is 8.26. The van der Waals surface area contributed by atoms with Crippen molar-refractivity contribution in [1.29, 1.82) is 0 Å². The van der Waals surface area contributed by atoms with Gasteiger partial charge in [-0.2, -0.15) is 0 Å². The fourth-order valence-corrected chi connectivity index (χ4v) is 2.58. The average molecular weight is 387 g/mol. The summed E-state index contributed by atoms with van der Waals surface area (Å²) in [5, 5.41) is 24.6. The van der Waals surface area contributed by atoms with Gasteiger partial charge in [0.05, 0.1) is 18.2 Å². The number of β-amino-alcohol motifs (C(OH)–C–C–N with tert-alkyl or cyclic N) is 1. The Balaban J connectivity index is 0.00000338. The largest absolute Gasteiger partial charge is 0.515 e. The molecule has 1 aromatic carbocycles. The molecule has 2 rings (SSSR count). The summed E-state index contributed by atoms with van der Waals surface area (Å²) in [6.07, 6.45) is -1.61. The molecule has 0 saturated carbocycles. The molecule has 0 radical (unpaired) electrons. The molecule has 1 heterocycles. The van der Waals surface area contributed by atoms with Crippen LogP contribution in [-0.2, 0) is 4.74 Å². The molecule has 0 saturated heterocycles. The maximum atomic E-state index is 11.6. The lowest BCUT2D eigenvalue weighted by molar-refractivity contribution is 0.102. The van der Waals surface area contributed by atoms with Crippen LogP contribution in [0.1, 0.15) is 44.9 Å². The molecular formula is C18H27ClN2O5. The van der Waals surface area contributed by atoms with Crippen molar-refractivity contribution in [2.45, 2.75) is 46.3 Å². The Morgan fingerprint density at radius 2 is 2.00 bits per heavy atom. The van der Waals surface area contributed by atoms with Crippen LogP contribution < -0.4 is 10.1 Å². The monoisotopic (exact) mass is 386 g/mol. The smallest absolute Gasteiger partial charge is 0.506 e. The molecule has 0 aliphatic heterocycles. The molecule has 7 nitrogen and oxygen atoms in total. The SMILES string of the molecule is CCOC(=O)Oc1[nH]c2c(O)ccc(C(O)CNC(C)(C)C)c2c1C.Cl. The summed E-state index contributed by atoms with van der Waals surface area (Å²) < 4.78 is 9.93. The number of aryl methyl sites for hydroxylation is 1. The van der Waals surface area contributed by atoms with E-state index in [4.69, 9.17) is 9.47 Å². The molecule has 1 atom stereocenters. The van der Waals surface area contributed by atoms with Crippen LogP contribution in [0, 0.1) is 6.92 Å². The molecule has 0 fully saturated rings. The Bertz CT molecular complexity index is 767. The second-order valence-electron chi connectivity index (χ2n) is 6.93. The van der Waals surface area contributed by atoms with Gasteiger partial charge < -0.3 is 30.0 Å². The van der Waals surface area contributed by atoms with E-state index >= 15 is 0 Å². The first kappa shape index (κ1) is 22.1. The number of nitrogens with one attached hydrogen (secondary N) is 2. The molecular weight excluding hydrogens is 360 g/mol. The van der Waals surface area contributed by atoms with Gasteiger partial charge in [-0.05, 0) is 46.2 Å². The second kappa shape index (κ2) is 8.62. The lowest BCUT2D eigenvalue weighted by Crippen LogP contribution is -2.38. The van der Waals surface area contributed by atoms with Gasteiger partial charge >= 0.3 is 6.16 Å². The van der Waals surface area contributed by atoms with E-state index in [-0.39, 0.29) is 36.2 Å². The lowest BCUT2D eigenvalue weighted by Gasteiger charge is -2.23. The zero-order valence-corrected chi connectivity index (χ0v) is 16.5. The number of phenolic OH excluding ortho intramolecular Hbond substituents is 1. The minimum absolute atomic E-state index is 0. The molecule has 0 spiro atoms. The van der Waals surface area contributed by atoms with Crippen LogP contribution in [0.3, 0.4) is 0 Å². The third-order valence-electron chi connectivity index (χ3n) is 3.80. The third kappa shape index (κ3) is 5.03. The van der Waals surface area contributed by atoms with E-state index in [0.717, 1.165) is 0 Å². The van der Waals surface area contributed by atoms with Gasteiger partial charge in [-0.3, -0.25) is 0 Å². The molecule has 4 N–H and O–H groups in total. The summed E-state index contributed by atoms with van der Waals surface area (Å²) >= 11 is 0. The summed E-state index contributed by atoms with van der Waals surface area (Å²) in [6.45, 7) is 10.0. The Hall–Kier alpha value is -1.96. The van der Waals surface area contributed by atoms with Gasteiger partial charge in [0.2, 0.25) is 5.88 Å². The van der Waals surface area contributed by atoms with Crippen molar-refractivity contribution in [3.63, 3.8) is 0 Å². The van der Waals surface area contributed by atoms with Crippen LogP contribution >= 0.6 is 12.4 Å². The summed E-state index contributed by atoms with van der Waals surface area (Å²) in [6, 6.07) is 3.17. The Kier molecular flexibility index (Phi) is 7.32. The van der Waals surface area contributed by atoms with Crippen LogP contribution in [0.2, 0.25) is 0 Å². The van der Waals surface area contributed by atoms with Crippen molar-refractivity contribution in [3.05, 3.63) is 23.3 Å². The number of ether oxygens (including phenoxy) is 2. The Morgan fingerprint density at radius 1 is 1.35 bits per heavy atom. The fourth-order valence-electron chi connectivity index (χ4n) is 2.58.